The molecule has 2 aliphatic carbocycles. The molecule has 0 fully saturated rings. The van der Waals surface area contributed by atoms with Crippen LogP contribution in [0.3, 0.4) is 0 Å². The molecule has 4 aromatic carbocycles. The number of aryl methyl sites for hydroxylation is 2. The fourth-order valence-corrected chi connectivity index (χ4v) is 5.73. The second kappa shape index (κ2) is 10.6. The third kappa shape index (κ3) is 4.96. The van der Waals surface area contributed by atoms with E-state index >= 15 is 0 Å². The summed E-state index contributed by atoms with van der Waals surface area (Å²) in [5.74, 6) is 1.35. The maximum Gasteiger partial charge on any atom is 0.165 e. The number of fused-ring (bicyclic) bond motifs is 4. The van der Waals surface area contributed by atoms with E-state index in [9.17, 15) is 0 Å². The first-order valence-electron chi connectivity index (χ1n) is 13.0. The molecule has 6 heteroatoms. The quantitative estimate of drug-likeness (QED) is 0.194. The number of benzene rings is 4. The highest BCUT2D eigenvalue weighted by atomic mass is 17.2. The number of hydrogen-bond acceptors (Lipinski definition) is 6. The van der Waals surface area contributed by atoms with E-state index in [0.717, 1.165) is 36.8 Å². The average Bonchev–Trinajstić information content (AvgIpc) is 3.54. The van der Waals surface area contributed by atoms with Crippen molar-refractivity contribution < 1.29 is 19.6 Å². The van der Waals surface area contributed by atoms with Crippen molar-refractivity contribution in [2.45, 2.75) is 44.3 Å². The summed E-state index contributed by atoms with van der Waals surface area (Å²) in [6.07, 6.45) is 4.11. The van der Waals surface area contributed by atoms with Crippen LogP contribution >= 0.6 is 0 Å². The Morgan fingerprint density at radius 3 is 1.44 bits per heavy atom. The summed E-state index contributed by atoms with van der Waals surface area (Å²) in [5, 5.41) is 17.9. The summed E-state index contributed by atoms with van der Waals surface area (Å²) in [5.41, 5.74) is 8.28. The first kappa shape index (κ1) is 24.7. The lowest BCUT2D eigenvalue weighted by molar-refractivity contribution is -0.217. The van der Waals surface area contributed by atoms with E-state index < -0.39 is 0 Å². The molecule has 0 saturated heterocycles. The van der Waals surface area contributed by atoms with E-state index in [1.165, 1.54) is 22.3 Å². The van der Waals surface area contributed by atoms with Crippen LogP contribution in [0.15, 0.2) is 84.9 Å². The van der Waals surface area contributed by atoms with E-state index in [2.05, 4.69) is 36.4 Å². The van der Waals surface area contributed by atoms with Crippen LogP contribution in [-0.4, -0.2) is 0 Å². The first-order chi connectivity index (χ1) is 19.2. The van der Waals surface area contributed by atoms with Gasteiger partial charge in [0, 0.05) is 5.41 Å². The van der Waals surface area contributed by atoms with Crippen LogP contribution in [0.25, 0.3) is 0 Å². The zero-order valence-electron chi connectivity index (χ0n) is 21.4. The van der Waals surface area contributed by atoms with Crippen molar-refractivity contribution in [3.63, 3.8) is 0 Å². The molecule has 4 aromatic rings. The highest BCUT2D eigenvalue weighted by molar-refractivity contribution is 5.56. The standard InChI is InChI=1S/C33H26N2O4/c34-19-23-1-5-25(6-2-23)21-36-38-29-11-9-27-13-15-33(31(27)17-29)16-14-28-10-12-30(18-32(28)33)39-37-22-26-7-3-24(20-35)4-8-26/h1-12,17-18H,13-16,21-22H2. The highest BCUT2D eigenvalue weighted by Crippen LogP contribution is 2.53. The molecule has 39 heavy (non-hydrogen) atoms. The zero-order valence-corrected chi connectivity index (χ0v) is 21.4. The lowest BCUT2D eigenvalue weighted by Crippen LogP contribution is -2.21. The average molecular weight is 515 g/mol. The van der Waals surface area contributed by atoms with E-state index in [-0.39, 0.29) is 5.41 Å². The summed E-state index contributed by atoms with van der Waals surface area (Å²) in [6.45, 7) is 0.583. The van der Waals surface area contributed by atoms with Crippen LogP contribution in [0, 0.1) is 22.7 Å². The van der Waals surface area contributed by atoms with Gasteiger partial charge in [0.2, 0.25) is 0 Å². The molecule has 6 rings (SSSR count). The van der Waals surface area contributed by atoms with Crippen molar-refractivity contribution in [2.75, 3.05) is 0 Å². The van der Waals surface area contributed by atoms with Crippen molar-refractivity contribution in [3.05, 3.63) is 129 Å². The van der Waals surface area contributed by atoms with Gasteiger partial charge >= 0.3 is 0 Å². The third-order valence-electron chi connectivity index (χ3n) is 7.76. The molecule has 0 heterocycles. The van der Waals surface area contributed by atoms with Gasteiger partial charge in [-0.1, -0.05) is 36.4 Å². The van der Waals surface area contributed by atoms with Gasteiger partial charge in [0.05, 0.1) is 23.3 Å². The molecule has 0 bridgehead atoms. The van der Waals surface area contributed by atoms with E-state index in [0.29, 0.717) is 35.8 Å². The van der Waals surface area contributed by atoms with Crippen molar-refractivity contribution >= 4 is 0 Å². The van der Waals surface area contributed by atoms with E-state index in [1.807, 2.05) is 36.4 Å². The monoisotopic (exact) mass is 514 g/mol. The molecule has 0 amide bonds. The Labute approximate surface area is 227 Å². The van der Waals surface area contributed by atoms with Gasteiger partial charge in [0.1, 0.15) is 13.2 Å². The Kier molecular flexibility index (Phi) is 6.73. The highest BCUT2D eigenvalue weighted by Gasteiger charge is 2.45. The van der Waals surface area contributed by atoms with Crippen LogP contribution in [0.4, 0.5) is 0 Å². The number of nitriles is 2. The molecule has 0 atom stereocenters. The van der Waals surface area contributed by atoms with Gasteiger partial charge in [0.15, 0.2) is 11.5 Å². The topological polar surface area (TPSA) is 84.5 Å². The smallest absolute Gasteiger partial charge is 0.165 e. The van der Waals surface area contributed by atoms with Crippen LogP contribution in [0.1, 0.15) is 57.3 Å². The molecule has 0 aliphatic heterocycles. The largest absolute Gasteiger partial charge is 0.337 e. The minimum Gasteiger partial charge on any atom is -0.337 e. The van der Waals surface area contributed by atoms with Crippen LogP contribution < -0.4 is 9.78 Å². The normalized spacial score (nSPS) is 14.3. The SMILES string of the molecule is N#Cc1ccc(COOc2ccc3c(c2)C2(CC3)CCc3ccc(OOCc4ccc(C#N)cc4)cc32)cc1. The Balaban J connectivity index is 1.15. The molecule has 2 aliphatic rings. The molecule has 0 saturated carbocycles. The maximum absolute atomic E-state index is 8.96. The molecular weight excluding hydrogens is 488 g/mol. The molecule has 0 unspecified atom stereocenters. The van der Waals surface area contributed by atoms with Gasteiger partial charge in [-0.25, -0.2) is 0 Å². The molecule has 6 nitrogen and oxygen atoms in total. The molecule has 0 radical (unpaired) electrons. The number of hydrogen-bond donors (Lipinski definition) is 0. The second-order valence-electron chi connectivity index (χ2n) is 10.0. The lowest BCUT2D eigenvalue weighted by Gasteiger charge is -2.27. The van der Waals surface area contributed by atoms with Crippen molar-refractivity contribution in [1.82, 2.24) is 0 Å². The number of rotatable bonds is 8. The maximum atomic E-state index is 8.96. The van der Waals surface area contributed by atoms with Gasteiger partial charge in [-0.3, -0.25) is 0 Å². The molecule has 0 N–H and O–H groups in total. The lowest BCUT2D eigenvalue weighted by atomic mass is 9.76. The molecule has 0 aromatic heterocycles. The molecular formula is C33H26N2O4. The van der Waals surface area contributed by atoms with Gasteiger partial charge in [-0.05, 0) is 108 Å². The van der Waals surface area contributed by atoms with Crippen LogP contribution in [0.2, 0.25) is 0 Å². The summed E-state index contributed by atoms with van der Waals surface area (Å²) in [4.78, 5) is 22.5. The van der Waals surface area contributed by atoms with Gasteiger partial charge in [0.25, 0.3) is 0 Å². The van der Waals surface area contributed by atoms with Crippen molar-refractivity contribution in [1.29, 1.82) is 10.5 Å². The van der Waals surface area contributed by atoms with Gasteiger partial charge in [-0.2, -0.15) is 20.3 Å². The summed E-state index contributed by atoms with van der Waals surface area (Å²) < 4.78 is 0. The van der Waals surface area contributed by atoms with Crippen LogP contribution in [-0.2, 0) is 41.2 Å². The fourth-order valence-electron chi connectivity index (χ4n) is 5.73. The Bertz CT molecular complexity index is 1460. The minimum absolute atomic E-state index is 0.0797. The first-order valence-corrected chi connectivity index (χ1v) is 13.0. The van der Waals surface area contributed by atoms with Gasteiger partial charge in [-0.15, -0.1) is 0 Å². The van der Waals surface area contributed by atoms with Gasteiger partial charge < -0.3 is 9.78 Å². The molecule has 1 spiro atoms. The fraction of sp³-hybridized carbons (Fsp3) is 0.212. The van der Waals surface area contributed by atoms with Crippen LogP contribution in [0.5, 0.6) is 11.5 Å². The van der Waals surface area contributed by atoms with Crippen molar-refractivity contribution in [3.8, 4) is 23.6 Å². The van der Waals surface area contributed by atoms with E-state index in [4.69, 9.17) is 30.1 Å². The zero-order chi connectivity index (χ0) is 26.7. The number of nitrogens with zero attached hydrogens (tertiary/aromatic N) is 2. The molecule has 192 valence electrons. The predicted molar refractivity (Wildman–Crippen MR) is 143 cm³/mol. The third-order valence-corrected chi connectivity index (χ3v) is 7.76. The Morgan fingerprint density at radius 1 is 0.590 bits per heavy atom. The van der Waals surface area contributed by atoms with Crippen molar-refractivity contribution in [2.24, 2.45) is 0 Å². The van der Waals surface area contributed by atoms with E-state index in [1.54, 1.807) is 24.3 Å². The second-order valence-corrected chi connectivity index (χ2v) is 10.0. The summed E-state index contributed by atoms with van der Waals surface area (Å²) in [7, 11) is 0. The predicted octanol–water partition coefficient (Wildman–Crippen LogP) is 6.63. The summed E-state index contributed by atoms with van der Waals surface area (Å²) in [6, 6.07) is 31.2. The Morgan fingerprint density at radius 2 is 1.03 bits per heavy atom. The Hall–Kier alpha value is -4.62. The minimum atomic E-state index is -0.0797. The summed E-state index contributed by atoms with van der Waals surface area (Å²) >= 11 is 0.